The number of imidazole rings is 1. The first-order valence-electron chi connectivity index (χ1n) is 6.87. The Hall–Kier alpha value is -1.88. The summed E-state index contributed by atoms with van der Waals surface area (Å²) >= 11 is 0. The van der Waals surface area contributed by atoms with Gasteiger partial charge in [0, 0.05) is 12.7 Å². The molecule has 108 valence electrons. The van der Waals surface area contributed by atoms with Crippen molar-refractivity contribution in [2.45, 2.75) is 20.3 Å². The summed E-state index contributed by atoms with van der Waals surface area (Å²) in [4.78, 5) is 18.8. The van der Waals surface area contributed by atoms with E-state index in [1.807, 2.05) is 50.7 Å². The maximum atomic E-state index is 12.3. The molecule has 0 unspecified atom stereocenters. The highest BCUT2D eigenvalue weighted by atomic mass is 16.1. The van der Waals surface area contributed by atoms with E-state index >= 15 is 0 Å². The first-order valence-corrected chi connectivity index (χ1v) is 6.87. The van der Waals surface area contributed by atoms with Gasteiger partial charge in [-0.3, -0.25) is 9.20 Å². The molecule has 0 radical (unpaired) electrons. The van der Waals surface area contributed by atoms with Crippen LogP contribution < -0.4 is 5.32 Å². The Kier molecular flexibility index (Phi) is 4.39. The van der Waals surface area contributed by atoms with Crippen molar-refractivity contribution in [2.75, 3.05) is 27.2 Å². The third-order valence-electron chi connectivity index (χ3n) is 3.22. The average molecular weight is 274 g/mol. The summed E-state index contributed by atoms with van der Waals surface area (Å²) in [6.45, 7) is 5.52. The third kappa shape index (κ3) is 3.17. The van der Waals surface area contributed by atoms with Gasteiger partial charge in [0.05, 0.1) is 5.69 Å². The van der Waals surface area contributed by atoms with Crippen LogP contribution in [0.3, 0.4) is 0 Å². The van der Waals surface area contributed by atoms with Crippen LogP contribution in [0.4, 0.5) is 0 Å². The lowest BCUT2D eigenvalue weighted by Crippen LogP contribution is -2.28. The lowest BCUT2D eigenvalue weighted by molar-refractivity contribution is 0.0946. The molecule has 0 spiro atoms. The molecule has 1 N–H and O–H groups in total. The average Bonchev–Trinajstić information content (AvgIpc) is 2.69. The number of carbonyl (C=O) groups excluding carboxylic acids is 1. The summed E-state index contributed by atoms with van der Waals surface area (Å²) in [5, 5.41) is 2.97. The first-order chi connectivity index (χ1) is 9.49. The molecule has 5 nitrogen and oxygen atoms in total. The van der Waals surface area contributed by atoms with Gasteiger partial charge in [0.15, 0.2) is 0 Å². The van der Waals surface area contributed by atoms with Gasteiger partial charge in [0.25, 0.3) is 5.91 Å². The number of amides is 1. The van der Waals surface area contributed by atoms with Gasteiger partial charge in [-0.15, -0.1) is 0 Å². The van der Waals surface area contributed by atoms with E-state index in [0.717, 1.165) is 29.9 Å². The molecule has 0 saturated heterocycles. The van der Waals surface area contributed by atoms with Gasteiger partial charge in [-0.05, 0) is 52.5 Å². The summed E-state index contributed by atoms with van der Waals surface area (Å²) in [6.07, 6.45) is 2.89. The lowest BCUT2D eigenvalue weighted by Gasteiger charge is -2.10. The quantitative estimate of drug-likeness (QED) is 0.843. The minimum Gasteiger partial charge on any atom is -0.351 e. The largest absolute Gasteiger partial charge is 0.351 e. The molecule has 0 saturated carbocycles. The van der Waals surface area contributed by atoms with Crippen molar-refractivity contribution >= 4 is 11.6 Å². The van der Waals surface area contributed by atoms with E-state index in [-0.39, 0.29) is 5.91 Å². The number of nitrogens with zero attached hydrogens (tertiary/aromatic N) is 3. The van der Waals surface area contributed by atoms with Crippen molar-refractivity contribution in [3.63, 3.8) is 0 Å². The summed E-state index contributed by atoms with van der Waals surface area (Å²) < 4.78 is 1.87. The van der Waals surface area contributed by atoms with E-state index in [1.165, 1.54) is 0 Å². The number of rotatable bonds is 5. The number of hydrogen-bond donors (Lipinski definition) is 1. The second kappa shape index (κ2) is 6.05. The molecule has 0 bridgehead atoms. The summed E-state index contributed by atoms with van der Waals surface area (Å²) in [6, 6.07) is 3.94. The van der Waals surface area contributed by atoms with Crippen LogP contribution in [-0.4, -0.2) is 47.4 Å². The topological polar surface area (TPSA) is 49.6 Å². The summed E-state index contributed by atoms with van der Waals surface area (Å²) in [5.41, 5.74) is 3.32. The van der Waals surface area contributed by atoms with Gasteiger partial charge >= 0.3 is 0 Å². The van der Waals surface area contributed by atoms with E-state index < -0.39 is 0 Å². The molecule has 0 aromatic carbocycles. The predicted octanol–water partition coefficient (Wildman–Crippen LogP) is 1.63. The Balaban J connectivity index is 2.13. The molecule has 0 fully saturated rings. The van der Waals surface area contributed by atoms with Gasteiger partial charge < -0.3 is 10.2 Å². The SMILES string of the molecule is Cc1ccc2nc(C)c(C(=O)NCCCN(C)C)n2c1. The number of nitrogens with one attached hydrogen (secondary N) is 1. The zero-order valence-electron chi connectivity index (χ0n) is 12.6. The second-order valence-corrected chi connectivity index (χ2v) is 5.39. The van der Waals surface area contributed by atoms with E-state index in [9.17, 15) is 4.79 Å². The van der Waals surface area contributed by atoms with Crippen molar-refractivity contribution in [3.8, 4) is 0 Å². The Morgan fingerprint density at radius 3 is 2.80 bits per heavy atom. The fourth-order valence-electron chi connectivity index (χ4n) is 2.22. The van der Waals surface area contributed by atoms with Crippen LogP contribution in [0.15, 0.2) is 18.3 Å². The number of pyridine rings is 1. The van der Waals surface area contributed by atoms with Gasteiger partial charge in [-0.2, -0.15) is 0 Å². The number of carbonyl (C=O) groups is 1. The Labute approximate surface area is 119 Å². The molecule has 2 aromatic heterocycles. The third-order valence-corrected chi connectivity index (χ3v) is 3.22. The van der Waals surface area contributed by atoms with Crippen LogP contribution in [0, 0.1) is 13.8 Å². The zero-order valence-corrected chi connectivity index (χ0v) is 12.6. The van der Waals surface area contributed by atoms with Gasteiger partial charge in [0.1, 0.15) is 11.3 Å². The molecular formula is C15H22N4O. The highest BCUT2D eigenvalue weighted by Gasteiger charge is 2.15. The Morgan fingerprint density at radius 1 is 1.35 bits per heavy atom. The van der Waals surface area contributed by atoms with Crippen molar-refractivity contribution < 1.29 is 4.79 Å². The fraction of sp³-hybridized carbons (Fsp3) is 0.467. The minimum absolute atomic E-state index is 0.0562. The van der Waals surface area contributed by atoms with E-state index in [1.54, 1.807) is 0 Å². The van der Waals surface area contributed by atoms with Gasteiger partial charge in [-0.1, -0.05) is 6.07 Å². The van der Waals surface area contributed by atoms with Crippen molar-refractivity contribution in [2.24, 2.45) is 0 Å². The van der Waals surface area contributed by atoms with Crippen LogP contribution in [0.1, 0.15) is 28.2 Å². The zero-order chi connectivity index (χ0) is 14.7. The normalized spacial score (nSPS) is 11.2. The molecule has 0 aliphatic heterocycles. The number of aromatic nitrogens is 2. The standard InChI is InChI=1S/C15H22N4O/c1-11-6-7-13-17-12(2)14(19(13)10-11)15(20)16-8-5-9-18(3)4/h6-7,10H,5,8-9H2,1-4H3,(H,16,20). The summed E-state index contributed by atoms with van der Waals surface area (Å²) in [7, 11) is 4.05. The smallest absolute Gasteiger partial charge is 0.270 e. The number of aryl methyl sites for hydroxylation is 2. The molecule has 2 heterocycles. The maximum absolute atomic E-state index is 12.3. The van der Waals surface area contributed by atoms with Crippen LogP contribution in [0.2, 0.25) is 0 Å². The molecule has 0 aliphatic rings. The maximum Gasteiger partial charge on any atom is 0.270 e. The van der Waals surface area contributed by atoms with Crippen LogP contribution in [0.5, 0.6) is 0 Å². The molecular weight excluding hydrogens is 252 g/mol. The van der Waals surface area contributed by atoms with E-state index in [0.29, 0.717) is 12.2 Å². The van der Waals surface area contributed by atoms with Crippen molar-refractivity contribution in [3.05, 3.63) is 35.3 Å². The van der Waals surface area contributed by atoms with E-state index in [2.05, 4.69) is 15.2 Å². The monoisotopic (exact) mass is 274 g/mol. The van der Waals surface area contributed by atoms with Gasteiger partial charge in [-0.25, -0.2) is 4.98 Å². The van der Waals surface area contributed by atoms with Crippen molar-refractivity contribution in [1.82, 2.24) is 19.6 Å². The van der Waals surface area contributed by atoms with Crippen LogP contribution in [-0.2, 0) is 0 Å². The predicted molar refractivity (Wildman–Crippen MR) is 80.2 cm³/mol. The molecule has 0 atom stereocenters. The first kappa shape index (κ1) is 14.5. The van der Waals surface area contributed by atoms with E-state index in [4.69, 9.17) is 0 Å². The fourth-order valence-corrected chi connectivity index (χ4v) is 2.22. The molecule has 2 rings (SSSR count). The van der Waals surface area contributed by atoms with Crippen molar-refractivity contribution in [1.29, 1.82) is 0 Å². The Bertz CT molecular complexity index is 616. The molecule has 5 heteroatoms. The number of hydrogen-bond acceptors (Lipinski definition) is 3. The lowest BCUT2D eigenvalue weighted by atomic mass is 10.3. The highest BCUT2D eigenvalue weighted by Crippen LogP contribution is 2.13. The highest BCUT2D eigenvalue weighted by molar-refractivity contribution is 5.94. The second-order valence-electron chi connectivity index (χ2n) is 5.39. The minimum atomic E-state index is -0.0562. The Morgan fingerprint density at radius 2 is 2.10 bits per heavy atom. The molecule has 2 aromatic rings. The van der Waals surface area contributed by atoms with Crippen LogP contribution in [0.25, 0.3) is 5.65 Å². The molecule has 20 heavy (non-hydrogen) atoms. The number of fused-ring (bicyclic) bond motifs is 1. The van der Waals surface area contributed by atoms with Crippen LogP contribution >= 0.6 is 0 Å². The summed E-state index contributed by atoms with van der Waals surface area (Å²) in [5.74, 6) is -0.0562. The molecule has 0 aliphatic carbocycles. The van der Waals surface area contributed by atoms with Gasteiger partial charge in [0.2, 0.25) is 0 Å². The molecule has 1 amide bonds.